The van der Waals surface area contributed by atoms with Crippen molar-refractivity contribution in [1.29, 1.82) is 0 Å². The molecule has 4 rings (SSSR count). The van der Waals surface area contributed by atoms with Crippen molar-refractivity contribution in [3.05, 3.63) is 108 Å². The third kappa shape index (κ3) is 4.70. The Morgan fingerprint density at radius 2 is 1.84 bits per heavy atom. The molecule has 0 N–H and O–H groups in total. The molecule has 0 spiro atoms. The van der Waals surface area contributed by atoms with Crippen LogP contribution in [0.5, 0.6) is 5.75 Å². The number of esters is 1. The first kappa shape index (κ1) is 21.7. The fourth-order valence-electron chi connectivity index (χ4n) is 3.20. The van der Waals surface area contributed by atoms with E-state index in [4.69, 9.17) is 9.47 Å². The summed E-state index contributed by atoms with van der Waals surface area (Å²) in [4.78, 5) is 27.5. The van der Waals surface area contributed by atoms with Crippen LogP contribution < -0.4 is 4.74 Å². The molecular weight excluding hydrogens is 523 g/mol. The Kier molecular flexibility index (Phi) is 6.31. The highest BCUT2D eigenvalue weighted by atomic mass is 127. The largest absolute Gasteiger partial charge is 0.488 e. The molecule has 0 atom stereocenters. The smallest absolute Gasteiger partial charge is 0.363 e. The predicted molar refractivity (Wildman–Crippen MR) is 128 cm³/mol. The number of ether oxygens (including phenoxy) is 2. The van der Waals surface area contributed by atoms with E-state index in [2.05, 4.69) is 27.6 Å². The quantitative estimate of drug-likeness (QED) is 0.137. The molecule has 0 aromatic heterocycles. The molecule has 0 fully saturated rings. The van der Waals surface area contributed by atoms with Crippen LogP contribution in [0.25, 0.3) is 6.08 Å². The normalized spacial score (nSPS) is 14.2. The Hall–Kier alpha value is -3.53. The number of para-hydroxylation sites is 1. The van der Waals surface area contributed by atoms with Crippen LogP contribution in [-0.2, 0) is 16.1 Å². The lowest BCUT2D eigenvalue weighted by Crippen LogP contribution is -2.08. The van der Waals surface area contributed by atoms with Gasteiger partial charge in [-0.25, -0.2) is 9.79 Å². The second-order valence-corrected chi connectivity index (χ2v) is 8.24. The number of aliphatic imine (C=N–C) groups is 1. The number of hydrogen-bond donors (Lipinski definition) is 0. The first-order chi connectivity index (χ1) is 15.4. The zero-order chi connectivity index (χ0) is 22.7. The SMILES string of the molecule is Cc1c(C2=N/C(=C\c3ccccc3OCc3ccc(I)cc3)C(=O)O2)cccc1[N+](=O)[O-]. The van der Waals surface area contributed by atoms with Gasteiger partial charge in [0.2, 0.25) is 5.90 Å². The van der Waals surface area contributed by atoms with Crippen LogP contribution in [0.3, 0.4) is 0 Å². The van der Waals surface area contributed by atoms with Gasteiger partial charge in [-0.3, -0.25) is 10.1 Å². The van der Waals surface area contributed by atoms with Gasteiger partial charge in [0.15, 0.2) is 5.70 Å². The summed E-state index contributed by atoms with van der Waals surface area (Å²) in [6.45, 7) is 1.97. The minimum atomic E-state index is -0.627. The number of benzene rings is 3. The standard InChI is InChI=1S/C24H17IN2O5/c1-15-19(6-4-7-21(15)27(29)30)23-26-20(24(28)32-23)13-17-5-2-3-8-22(17)31-14-16-9-11-18(25)12-10-16/h2-13H,14H2,1H3/b20-13-. The van der Waals surface area contributed by atoms with Gasteiger partial charge in [0.05, 0.1) is 4.92 Å². The van der Waals surface area contributed by atoms with Crippen LogP contribution in [0.2, 0.25) is 0 Å². The molecule has 3 aromatic carbocycles. The van der Waals surface area contributed by atoms with Gasteiger partial charge in [0, 0.05) is 26.3 Å². The van der Waals surface area contributed by atoms with Gasteiger partial charge in [0.25, 0.3) is 5.69 Å². The number of rotatable bonds is 6. The second-order valence-electron chi connectivity index (χ2n) is 7.00. The summed E-state index contributed by atoms with van der Waals surface area (Å²) < 4.78 is 12.4. The van der Waals surface area contributed by atoms with Gasteiger partial charge in [-0.15, -0.1) is 0 Å². The molecule has 0 radical (unpaired) electrons. The molecule has 8 heteroatoms. The van der Waals surface area contributed by atoms with Crippen molar-refractivity contribution in [2.75, 3.05) is 0 Å². The fourth-order valence-corrected chi connectivity index (χ4v) is 3.56. The predicted octanol–water partition coefficient (Wildman–Crippen LogP) is 5.43. The maximum Gasteiger partial charge on any atom is 0.363 e. The van der Waals surface area contributed by atoms with E-state index in [0.29, 0.717) is 29.0 Å². The van der Waals surface area contributed by atoms with Gasteiger partial charge in [0.1, 0.15) is 12.4 Å². The number of carbonyl (C=O) groups excluding carboxylic acids is 1. The average molecular weight is 540 g/mol. The first-order valence-corrected chi connectivity index (χ1v) is 10.7. The van der Waals surface area contributed by atoms with E-state index in [1.807, 2.05) is 48.5 Å². The van der Waals surface area contributed by atoms with Crippen LogP contribution in [0.4, 0.5) is 5.69 Å². The molecule has 3 aromatic rings. The molecule has 1 heterocycles. The Balaban J connectivity index is 1.61. The number of halogens is 1. The minimum Gasteiger partial charge on any atom is -0.488 e. The van der Waals surface area contributed by atoms with Crippen molar-refractivity contribution < 1.29 is 19.2 Å². The third-order valence-corrected chi connectivity index (χ3v) is 5.59. The lowest BCUT2D eigenvalue weighted by Gasteiger charge is -2.09. The minimum absolute atomic E-state index is 0.0414. The van der Waals surface area contributed by atoms with E-state index in [9.17, 15) is 14.9 Å². The fraction of sp³-hybridized carbons (Fsp3) is 0.0833. The molecular formula is C24H17IN2O5. The lowest BCUT2D eigenvalue weighted by molar-refractivity contribution is -0.385. The summed E-state index contributed by atoms with van der Waals surface area (Å²) in [6, 6.07) is 19.9. The molecule has 0 bridgehead atoms. The Morgan fingerprint density at radius 3 is 2.59 bits per heavy atom. The van der Waals surface area contributed by atoms with E-state index < -0.39 is 10.9 Å². The lowest BCUT2D eigenvalue weighted by atomic mass is 10.1. The summed E-state index contributed by atoms with van der Waals surface area (Å²) in [6.07, 6.45) is 1.59. The van der Waals surface area contributed by atoms with Crippen LogP contribution in [0.15, 0.2) is 77.4 Å². The molecule has 0 amide bonds. The first-order valence-electron chi connectivity index (χ1n) is 9.65. The highest BCUT2D eigenvalue weighted by Gasteiger charge is 2.27. The zero-order valence-electron chi connectivity index (χ0n) is 16.9. The van der Waals surface area contributed by atoms with Gasteiger partial charge in [-0.05, 0) is 65.4 Å². The van der Waals surface area contributed by atoms with Crippen molar-refractivity contribution in [1.82, 2.24) is 0 Å². The van der Waals surface area contributed by atoms with Crippen LogP contribution in [-0.4, -0.2) is 16.8 Å². The van der Waals surface area contributed by atoms with Crippen LogP contribution >= 0.6 is 22.6 Å². The second kappa shape index (κ2) is 9.31. The number of nitro groups is 1. The molecule has 160 valence electrons. The summed E-state index contributed by atoms with van der Waals surface area (Å²) >= 11 is 2.25. The Labute approximate surface area is 197 Å². The van der Waals surface area contributed by atoms with E-state index in [1.54, 1.807) is 19.1 Å². The van der Waals surface area contributed by atoms with Crippen molar-refractivity contribution in [3.63, 3.8) is 0 Å². The number of cyclic esters (lactones) is 1. The summed E-state index contributed by atoms with van der Waals surface area (Å²) in [5.74, 6) is 0.0135. The molecule has 0 saturated carbocycles. The van der Waals surface area contributed by atoms with Crippen molar-refractivity contribution in [2.24, 2.45) is 4.99 Å². The molecule has 0 saturated heterocycles. The van der Waals surface area contributed by atoms with Gasteiger partial charge >= 0.3 is 5.97 Å². The average Bonchev–Trinajstić information content (AvgIpc) is 3.14. The summed E-state index contributed by atoms with van der Waals surface area (Å²) in [5.41, 5.74) is 2.51. The van der Waals surface area contributed by atoms with Crippen molar-refractivity contribution >= 4 is 46.2 Å². The topological polar surface area (TPSA) is 91.0 Å². The zero-order valence-corrected chi connectivity index (χ0v) is 19.1. The van der Waals surface area contributed by atoms with Crippen LogP contribution in [0.1, 0.15) is 22.3 Å². The molecule has 1 aliphatic rings. The molecule has 7 nitrogen and oxygen atoms in total. The van der Waals surface area contributed by atoms with Gasteiger partial charge in [-0.1, -0.05) is 36.4 Å². The Bertz CT molecular complexity index is 1270. The van der Waals surface area contributed by atoms with Crippen molar-refractivity contribution in [3.8, 4) is 5.75 Å². The number of carbonyl (C=O) groups is 1. The van der Waals surface area contributed by atoms with Crippen LogP contribution in [0, 0.1) is 20.6 Å². The highest BCUT2D eigenvalue weighted by Crippen LogP contribution is 2.28. The molecule has 32 heavy (non-hydrogen) atoms. The number of hydrogen-bond acceptors (Lipinski definition) is 6. The molecule has 0 unspecified atom stereocenters. The number of nitrogens with zero attached hydrogens (tertiary/aromatic N) is 2. The molecule has 0 aliphatic carbocycles. The van der Waals surface area contributed by atoms with E-state index >= 15 is 0 Å². The van der Waals surface area contributed by atoms with Gasteiger partial charge in [-0.2, -0.15) is 0 Å². The maximum atomic E-state index is 12.4. The maximum absolute atomic E-state index is 12.4. The summed E-state index contributed by atoms with van der Waals surface area (Å²) in [7, 11) is 0. The molecule has 1 aliphatic heterocycles. The Morgan fingerprint density at radius 1 is 1.09 bits per heavy atom. The van der Waals surface area contributed by atoms with Gasteiger partial charge < -0.3 is 9.47 Å². The van der Waals surface area contributed by atoms with E-state index in [-0.39, 0.29) is 17.3 Å². The number of nitro benzene ring substituents is 1. The van der Waals surface area contributed by atoms with E-state index in [1.165, 1.54) is 12.1 Å². The highest BCUT2D eigenvalue weighted by molar-refractivity contribution is 14.1. The monoisotopic (exact) mass is 540 g/mol. The summed E-state index contributed by atoms with van der Waals surface area (Å²) in [5, 5.41) is 11.2. The van der Waals surface area contributed by atoms with Crippen molar-refractivity contribution in [2.45, 2.75) is 13.5 Å². The van der Waals surface area contributed by atoms with E-state index in [0.717, 1.165) is 9.13 Å². The third-order valence-electron chi connectivity index (χ3n) is 4.87.